The quantitative estimate of drug-likeness (QED) is 0.647. The van der Waals surface area contributed by atoms with Crippen molar-refractivity contribution in [1.29, 1.82) is 0 Å². The monoisotopic (exact) mass is 352 g/mol. The third-order valence-corrected chi connectivity index (χ3v) is 3.90. The maximum absolute atomic E-state index is 10.8. The molecule has 0 saturated carbocycles. The molecule has 0 fully saturated rings. The van der Waals surface area contributed by atoms with Gasteiger partial charge in [0.2, 0.25) is 5.89 Å². The predicted molar refractivity (Wildman–Crippen MR) is 96.9 cm³/mol. The van der Waals surface area contributed by atoms with E-state index in [4.69, 9.17) is 20.0 Å². The lowest BCUT2D eigenvalue weighted by Crippen LogP contribution is -2.32. The number of ether oxygens (including phenoxy) is 1. The van der Waals surface area contributed by atoms with Crippen LogP contribution in [0, 0.1) is 0 Å². The Hall–Kier alpha value is -3.12. The van der Waals surface area contributed by atoms with Crippen LogP contribution in [0.25, 0.3) is 11.5 Å². The van der Waals surface area contributed by atoms with Crippen LogP contribution in [-0.4, -0.2) is 28.7 Å². The van der Waals surface area contributed by atoms with Gasteiger partial charge in [-0.15, -0.1) is 0 Å². The number of nitrogens with two attached hydrogens (primary N) is 1. The maximum atomic E-state index is 10.8. The highest BCUT2D eigenvalue weighted by Gasteiger charge is 2.12. The van der Waals surface area contributed by atoms with Crippen molar-refractivity contribution < 1.29 is 19.1 Å². The van der Waals surface area contributed by atoms with Crippen molar-refractivity contribution in [3.8, 4) is 17.2 Å². The largest absolute Gasteiger partial charge is 0.493 e. The van der Waals surface area contributed by atoms with Crippen LogP contribution in [-0.2, 0) is 17.6 Å². The fourth-order valence-electron chi connectivity index (χ4n) is 2.47. The number of rotatable bonds is 8. The molecule has 0 radical (unpaired) electrons. The van der Waals surface area contributed by atoms with E-state index < -0.39 is 12.0 Å². The van der Waals surface area contributed by atoms with Gasteiger partial charge in [0, 0.05) is 12.0 Å². The van der Waals surface area contributed by atoms with Crippen LogP contribution in [0.3, 0.4) is 0 Å². The van der Waals surface area contributed by atoms with E-state index in [1.807, 2.05) is 54.6 Å². The molecule has 0 aliphatic carbocycles. The van der Waals surface area contributed by atoms with Crippen molar-refractivity contribution in [3.63, 3.8) is 0 Å². The van der Waals surface area contributed by atoms with E-state index in [1.165, 1.54) is 0 Å². The number of carboxylic acids is 1. The van der Waals surface area contributed by atoms with Crippen LogP contribution >= 0.6 is 0 Å². The summed E-state index contributed by atoms with van der Waals surface area (Å²) in [7, 11) is 0. The molecular weight excluding hydrogens is 332 g/mol. The normalized spacial score (nSPS) is 11.9. The number of oxazole rings is 1. The Morgan fingerprint density at radius 2 is 1.88 bits per heavy atom. The maximum Gasteiger partial charge on any atom is 0.320 e. The van der Waals surface area contributed by atoms with Crippen molar-refractivity contribution in [3.05, 3.63) is 72.1 Å². The lowest BCUT2D eigenvalue weighted by molar-refractivity contribution is -0.138. The third kappa shape index (κ3) is 4.70. The number of carboxylic acid groups (broad SMARTS) is 1. The van der Waals surface area contributed by atoms with Crippen molar-refractivity contribution in [1.82, 2.24) is 4.98 Å². The number of carbonyl (C=O) groups is 1. The van der Waals surface area contributed by atoms with Gasteiger partial charge in [-0.3, -0.25) is 4.79 Å². The molecule has 1 heterocycles. The molecule has 0 amide bonds. The Balaban J connectivity index is 1.49. The van der Waals surface area contributed by atoms with Gasteiger partial charge in [0.1, 0.15) is 18.1 Å². The topological polar surface area (TPSA) is 98.6 Å². The summed E-state index contributed by atoms with van der Waals surface area (Å²) in [6.45, 7) is 0.467. The van der Waals surface area contributed by atoms with E-state index in [0.717, 1.165) is 16.8 Å². The van der Waals surface area contributed by atoms with Crippen LogP contribution in [0.5, 0.6) is 5.75 Å². The Kier molecular flexibility index (Phi) is 5.66. The zero-order chi connectivity index (χ0) is 18.4. The average molecular weight is 352 g/mol. The van der Waals surface area contributed by atoms with Crippen molar-refractivity contribution in [2.24, 2.45) is 5.73 Å². The highest BCUT2D eigenvalue weighted by Crippen LogP contribution is 2.18. The molecule has 1 aromatic heterocycles. The van der Waals surface area contributed by atoms with Gasteiger partial charge in [-0.05, 0) is 36.2 Å². The molecule has 2 aromatic carbocycles. The molecule has 134 valence electrons. The number of hydrogen-bond donors (Lipinski definition) is 2. The lowest BCUT2D eigenvalue weighted by atomic mass is 10.1. The summed E-state index contributed by atoms with van der Waals surface area (Å²) in [4.78, 5) is 15.2. The van der Waals surface area contributed by atoms with E-state index in [9.17, 15) is 4.79 Å². The van der Waals surface area contributed by atoms with Gasteiger partial charge in [-0.1, -0.05) is 30.3 Å². The fraction of sp³-hybridized carbons (Fsp3) is 0.200. The van der Waals surface area contributed by atoms with Crippen molar-refractivity contribution >= 4 is 5.97 Å². The van der Waals surface area contributed by atoms with Crippen LogP contribution in [0.2, 0.25) is 0 Å². The Morgan fingerprint density at radius 1 is 1.15 bits per heavy atom. The number of aromatic nitrogens is 1. The molecule has 3 N–H and O–H groups in total. The molecule has 0 bridgehead atoms. The van der Waals surface area contributed by atoms with Crippen molar-refractivity contribution in [2.45, 2.75) is 18.9 Å². The molecule has 3 rings (SSSR count). The van der Waals surface area contributed by atoms with Crippen LogP contribution in [0.4, 0.5) is 0 Å². The molecule has 0 saturated heterocycles. The number of aliphatic carboxylic acids is 1. The smallest absolute Gasteiger partial charge is 0.320 e. The first-order valence-electron chi connectivity index (χ1n) is 8.32. The summed E-state index contributed by atoms with van der Waals surface area (Å²) in [6, 6.07) is 16.1. The highest BCUT2D eigenvalue weighted by atomic mass is 16.5. The summed E-state index contributed by atoms with van der Waals surface area (Å²) < 4.78 is 11.2. The first-order valence-corrected chi connectivity index (χ1v) is 8.32. The molecule has 26 heavy (non-hydrogen) atoms. The first kappa shape index (κ1) is 17.7. The fourth-order valence-corrected chi connectivity index (χ4v) is 2.47. The second kappa shape index (κ2) is 8.31. The summed E-state index contributed by atoms with van der Waals surface area (Å²) in [5, 5.41) is 8.83. The molecular formula is C20H20N2O4. The molecule has 6 heteroatoms. The van der Waals surface area contributed by atoms with E-state index in [1.54, 1.807) is 6.26 Å². The van der Waals surface area contributed by atoms with Gasteiger partial charge in [-0.25, -0.2) is 4.98 Å². The van der Waals surface area contributed by atoms with Crippen molar-refractivity contribution in [2.75, 3.05) is 6.61 Å². The third-order valence-electron chi connectivity index (χ3n) is 3.90. The molecule has 6 nitrogen and oxygen atoms in total. The Bertz CT molecular complexity index is 844. The van der Waals surface area contributed by atoms with E-state index in [0.29, 0.717) is 24.7 Å². The van der Waals surface area contributed by atoms with Gasteiger partial charge in [0.05, 0.1) is 12.3 Å². The second-order valence-corrected chi connectivity index (χ2v) is 5.90. The van der Waals surface area contributed by atoms with Gasteiger partial charge in [0.25, 0.3) is 0 Å². The number of nitrogens with zero attached hydrogens (tertiary/aromatic N) is 1. The summed E-state index contributed by atoms with van der Waals surface area (Å²) in [5.41, 5.74) is 8.15. The van der Waals surface area contributed by atoms with Gasteiger partial charge >= 0.3 is 5.97 Å². The summed E-state index contributed by atoms with van der Waals surface area (Å²) in [6.07, 6.45) is 2.56. The molecule has 0 spiro atoms. The Morgan fingerprint density at radius 3 is 2.58 bits per heavy atom. The van der Waals surface area contributed by atoms with E-state index in [-0.39, 0.29) is 6.42 Å². The number of hydrogen-bond acceptors (Lipinski definition) is 5. The van der Waals surface area contributed by atoms with Crippen LogP contribution < -0.4 is 10.5 Å². The minimum atomic E-state index is -1.01. The second-order valence-electron chi connectivity index (χ2n) is 5.90. The highest BCUT2D eigenvalue weighted by molar-refractivity contribution is 5.73. The molecule has 0 aliphatic heterocycles. The van der Waals surface area contributed by atoms with E-state index in [2.05, 4.69) is 4.98 Å². The SMILES string of the molecule is N[C@@H](Cc1ccc(OCCc2coc(-c3ccccc3)n2)cc1)C(=O)O. The standard InChI is InChI=1S/C20H20N2O4/c21-18(20(23)24)12-14-6-8-17(9-7-14)25-11-10-16-13-26-19(22-16)15-4-2-1-3-5-15/h1-9,13,18H,10-12,21H2,(H,23,24)/t18-/m0/s1. The van der Waals surface area contributed by atoms with Crippen LogP contribution in [0.15, 0.2) is 65.3 Å². The van der Waals surface area contributed by atoms with E-state index >= 15 is 0 Å². The molecule has 0 aliphatic rings. The molecule has 3 aromatic rings. The molecule has 1 atom stereocenters. The summed E-state index contributed by atoms with van der Waals surface area (Å²) in [5.74, 6) is 0.303. The lowest BCUT2D eigenvalue weighted by Gasteiger charge is -2.08. The minimum Gasteiger partial charge on any atom is -0.493 e. The van der Waals surface area contributed by atoms with Gasteiger partial charge in [0.15, 0.2) is 0 Å². The average Bonchev–Trinajstić information content (AvgIpc) is 3.13. The first-order chi connectivity index (χ1) is 12.6. The Labute approximate surface area is 151 Å². The van der Waals surface area contributed by atoms with Crippen LogP contribution in [0.1, 0.15) is 11.3 Å². The zero-order valence-electron chi connectivity index (χ0n) is 14.2. The minimum absolute atomic E-state index is 0.289. The molecule has 0 unspecified atom stereocenters. The van der Waals surface area contributed by atoms with Gasteiger partial charge < -0.3 is 20.0 Å². The predicted octanol–water partition coefficient (Wildman–Crippen LogP) is 2.92. The zero-order valence-corrected chi connectivity index (χ0v) is 14.2. The number of benzene rings is 2. The van der Waals surface area contributed by atoms with Gasteiger partial charge in [-0.2, -0.15) is 0 Å². The summed E-state index contributed by atoms with van der Waals surface area (Å²) >= 11 is 0.